The summed E-state index contributed by atoms with van der Waals surface area (Å²) in [6.45, 7) is 2.12. The highest BCUT2D eigenvalue weighted by atomic mass is 79.9. The summed E-state index contributed by atoms with van der Waals surface area (Å²) in [4.78, 5) is 0.243. The molecule has 1 aliphatic carbocycles. The van der Waals surface area contributed by atoms with Crippen LogP contribution in [0.15, 0.2) is 36.4 Å². The molecule has 2 aromatic rings. The van der Waals surface area contributed by atoms with Crippen molar-refractivity contribution in [1.82, 2.24) is 0 Å². The van der Waals surface area contributed by atoms with E-state index < -0.39 is 0 Å². The maximum absolute atomic E-state index is 6.05. The summed E-state index contributed by atoms with van der Waals surface area (Å²) < 4.78 is 0. The third-order valence-electron chi connectivity index (χ3n) is 4.17. The second-order valence-corrected chi connectivity index (χ2v) is 6.95. The Kier molecular flexibility index (Phi) is 4.18. The largest absolute Gasteiger partial charge is 0.0843 e. The van der Waals surface area contributed by atoms with E-state index in [1.54, 1.807) is 0 Å². The van der Waals surface area contributed by atoms with Gasteiger partial charge in [-0.25, -0.2) is 0 Å². The van der Waals surface area contributed by atoms with Gasteiger partial charge in [0.25, 0.3) is 0 Å². The summed E-state index contributed by atoms with van der Waals surface area (Å²) in [6, 6.07) is 13.1. The topological polar surface area (TPSA) is 0 Å². The van der Waals surface area contributed by atoms with Crippen molar-refractivity contribution in [3.05, 3.63) is 69.2 Å². The van der Waals surface area contributed by atoms with E-state index in [1.165, 1.54) is 53.5 Å². The first-order valence-corrected chi connectivity index (χ1v) is 8.46. The van der Waals surface area contributed by atoms with Gasteiger partial charge in [-0.3, -0.25) is 0 Å². The summed E-state index contributed by atoms with van der Waals surface area (Å²) in [7, 11) is 0. The van der Waals surface area contributed by atoms with Gasteiger partial charge in [0.2, 0.25) is 0 Å². The Hall–Kier alpha value is -0.790. The van der Waals surface area contributed by atoms with Crippen molar-refractivity contribution in [3.8, 4) is 0 Å². The second-order valence-electron chi connectivity index (χ2n) is 5.60. The molecule has 0 radical (unpaired) electrons. The van der Waals surface area contributed by atoms with Gasteiger partial charge in [0.05, 0.1) is 4.83 Å². The molecule has 1 atom stereocenters. The lowest BCUT2D eigenvalue weighted by Crippen LogP contribution is -2.04. The van der Waals surface area contributed by atoms with E-state index in [9.17, 15) is 0 Å². The number of aryl methyl sites for hydroxylation is 3. The molecule has 104 valence electrons. The monoisotopic (exact) mass is 348 g/mol. The van der Waals surface area contributed by atoms with Gasteiger partial charge >= 0.3 is 0 Å². The molecule has 0 spiro atoms. The molecule has 0 heterocycles. The third kappa shape index (κ3) is 2.80. The number of alkyl halides is 1. The Bertz CT molecular complexity index is 633. The molecule has 0 fully saturated rings. The number of fused-ring (bicyclic) bond motifs is 1. The van der Waals surface area contributed by atoms with Crippen LogP contribution in [0.1, 0.15) is 45.5 Å². The van der Waals surface area contributed by atoms with Gasteiger partial charge < -0.3 is 0 Å². The summed E-state index contributed by atoms with van der Waals surface area (Å²) in [6.07, 6.45) is 5.12. The number of rotatable bonds is 2. The van der Waals surface area contributed by atoms with Gasteiger partial charge in [0.15, 0.2) is 0 Å². The first-order chi connectivity index (χ1) is 9.65. The molecule has 2 aromatic carbocycles. The fraction of sp³-hybridized carbons (Fsp3) is 0.333. The quantitative estimate of drug-likeness (QED) is 0.582. The molecular weight excluding hydrogens is 332 g/mol. The van der Waals surface area contributed by atoms with Crippen molar-refractivity contribution in [1.29, 1.82) is 0 Å². The van der Waals surface area contributed by atoms with Crippen LogP contribution in [-0.2, 0) is 12.8 Å². The van der Waals surface area contributed by atoms with Crippen LogP contribution in [0.5, 0.6) is 0 Å². The Labute approximate surface area is 134 Å². The van der Waals surface area contributed by atoms with Gasteiger partial charge in [-0.15, -0.1) is 0 Å². The van der Waals surface area contributed by atoms with Gasteiger partial charge in [0.1, 0.15) is 0 Å². The smallest absolute Gasteiger partial charge is 0.0647 e. The maximum Gasteiger partial charge on any atom is 0.0647 e. The van der Waals surface area contributed by atoms with Gasteiger partial charge in [0, 0.05) is 5.02 Å². The Morgan fingerprint density at radius 2 is 1.75 bits per heavy atom. The molecular formula is C18H18BrCl. The SMILES string of the molecule is Cc1cc(Cl)ccc1C(Br)c1ccc2c(c1)CCCC2. The summed E-state index contributed by atoms with van der Waals surface area (Å²) >= 11 is 9.90. The van der Waals surface area contributed by atoms with Crippen molar-refractivity contribution in [2.75, 3.05) is 0 Å². The summed E-state index contributed by atoms with van der Waals surface area (Å²) in [5.74, 6) is 0. The van der Waals surface area contributed by atoms with Gasteiger partial charge in [-0.05, 0) is 72.6 Å². The van der Waals surface area contributed by atoms with E-state index in [1.807, 2.05) is 12.1 Å². The number of benzene rings is 2. The van der Waals surface area contributed by atoms with E-state index in [-0.39, 0.29) is 4.83 Å². The van der Waals surface area contributed by atoms with E-state index in [0.717, 1.165) is 5.02 Å². The summed E-state index contributed by atoms with van der Waals surface area (Å²) in [5.41, 5.74) is 6.94. The van der Waals surface area contributed by atoms with Crippen molar-refractivity contribution in [3.63, 3.8) is 0 Å². The van der Waals surface area contributed by atoms with Crippen LogP contribution < -0.4 is 0 Å². The third-order valence-corrected chi connectivity index (χ3v) is 5.43. The van der Waals surface area contributed by atoms with Crippen LogP contribution in [0, 0.1) is 6.92 Å². The molecule has 1 unspecified atom stereocenters. The molecule has 2 heteroatoms. The standard InChI is InChI=1S/C18H18BrCl/c1-12-10-16(20)8-9-17(12)18(19)15-7-6-13-4-2-3-5-14(13)11-15/h6-11,18H,2-5H2,1H3. The van der Waals surface area contributed by atoms with Crippen LogP contribution in [0.3, 0.4) is 0 Å². The molecule has 0 nitrogen and oxygen atoms in total. The zero-order chi connectivity index (χ0) is 14.1. The first kappa shape index (κ1) is 14.2. The highest BCUT2D eigenvalue weighted by molar-refractivity contribution is 9.09. The minimum Gasteiger partial charge on any atom is -0.0843 e. The molecule has 0 bridgehead atoms. The Morgan fingerprint density at radius 1 is 1.00 bits per heavy atom. The maximum atomic E-state index is 6.05. The fourth-order valence-corrected chi connectivity index (χ4v) is 4.04. The fourth-order valence-electron chi connectivity index (χ4n) is 3.01. The molecule has 0 aliphatic heterocycles. The van der Waals surface area contributed by atoms with Crippen molar-refractivity contribution in [2.45, 2.75) is 37.4 Å². The average Bonchev–Trinajstić information content (AvgIpc) is 2.46. The molecule has 0 saturated heterocycles. The number of halogens is 2. The molecule has 0 N–H and O–H groups in total. The predicted octanol–water partition coefficient (Wildman–Crippen LogP) is 6.01. The van der Waals surface area contributed by atoms with Crippen LogP contribution in [0.4, 0.5) is 0 Å². The molecule has 3 rings (SSSR count). The van der Waals surface area contributed by atoms with Crippen molar-refractivity contribution >= 4 is 27.5 Å². The highest BCUT2D eigenvalue weighted by Gasteiger charge is 2.16. The Balaban J connectivity index is 1.95. The van der Waals surface area contributed by atoms with Crippen LogP contribution in [0.2, 0.25) is 5.02 Å². The zero-order valence-electron chi connectivity index (χ0n) is 11.6. The van der Waals surface area contributed by atoms with E-state index in [2.05, 4.69) is 47.1 Å². The predicted molar refractivity (Wildman–Crippen MR) is 90.0 cm³/mol. The minimum atomic E-state index is 0.243. The Morgan fingerprint density at radius 3 is 2.50 bits per heavy atom. The van der Waals surface area contributed by atoms with E-state index in [4.69, 9.17) is 11.6 Å². The lowest BCUT2D eigenvalue weighted by molar-refractivity contribution is 0.684. The van der Waals surface area contributed by atoms with E-state index in [0.29, 0.717) is 0 Å². The lowest BCUT2D eigenvalue weighted by atomic mass is 9.89. The molecule has 0 aromatic heterocycles. The highest BCUT2D eigenvalue weighted by Crippen LogP contribution is 2.35. The lowest BCUT2D eigenvalue weighted by Gasteiger charge is -2.19. The van der Waals surface area contributed by atoms with Gasteiger partial charge in [-0.1, -0.05) is 51.8 Å². The molecule has 0 saturated carbocycles. The van der Waals surface area contributed by atoms with E-state index >= 15 is 0 Å². The van der Waals surface area contributed by atoms with Crippen molar-refractivity contribution < 1.29 is 0 Å². The van der Waals surface area contributed by atoms with Crippen LogP contribution >= 0.6 is 27.5 Å². The zero-order valence-corrected chi connectivity index (χ0v) is 14.0. The average molecular weight is 350 g/mol. The molecule has 20 heavy (non-hydrogen) atoms. The normalized spacial score (nSPS) is 15.8. The minimum absolute atomic E-state index is 0.243. The van der Waals surface area contributed by atoms with Crippen LogP contribution in [0.25, 0.3) is 0 Å². The first-order valence-electron chi connectivity index (χ1n) is 7.17. The van der Waals surface area contributed by atoms with Crippen LogP contribution in [-0.4, -0.2) is 0 Å². The number of hydrogen-bond acceptors (Lipinski definition) is 0. The molecule has 1 aliphatic rings. The second kappa shape index (κ2) is 5.91. The van der Waals surface area contributed by atoms with Crippen molar-refractivity contribution in [2.24, 2.45) is 0 Å². The van der Waals surface area contributed by atoms with Gasteiger partial charge in [-0.2, -0.15) is 0 Å². The summed E-state index contributed by atoms with van der Waals surface area (Å²) in [5, 5.41) is 0.802. The number of hydrogen-bond donors (Lipinski definition) is 0. The molecule has 0 amide bonds.